The van der Waals surface area contributed by atoms with E-state index in [9.17, 15) is 9.59 Å². The fourth-order valence-electron chi connectivity index (χ4n) is 3.16. The minimum Gasteiger partial charge on any atom is -0.378 e. The van der Waals surface area contributed by atoms with Crippen molar-refractivity contribution in [2.24, 2.45) is 5.92 Å². The number of rotatable bonds is 5. The van der Waals surface area contributed by atoms with E-state index < -0.39 is 0 Å². The number of carbonyl (C=O) groups excluding carboxylic acids is 2. The minimum atomic E-state index is 0.0184. The second-order valence-corrected chi connectivity index (χ2v) is 6.43. The molecule has 24 heavy (non-hydrogen) atoms. The van der Waals surface area contributed by atoms with Crippen molar-refractivity contribution in [1.29, 1.82) is 0 Å². The number of benzene rings is 1. The molecule has 6 nitrogen and oxygen atoms in total. The summed E-state index contributed by atoms with van der Waals surface area (Å²) in [6.45, 7) is 4.53. The summed E-state index contributed by atoms with van der Waals surface area (Å²) >= 11 is 0. The van der Waals surface area contributed by atoms with Gasteiger partial charge < -0.3 is 20.3 Å². The average molecular weight is 331 g/mol. The molecule has 2 amide bonds. The highest BCUT2D eigenvalue weighted by atomic mass is 16.5. The van der Waals surface area contributed by atoms with Crippen molar-refractivity contribution in [2.75, 3.05) is 44.7 Å². The lowest BCUT2D eigenvalue weighted by atomic mass is 10.0. The van der Waals surface area contributed by atoms with Crippen molar-refractivity contribution in [3.8, 4) is 0 Å². The van der Waals surface area contributed by atoms with Crippen LogP contribution in [-0.2, 0) is 9.53 Å². The molecule has 6 heteroatoms. The maximum absolute atomic E-state index is 12.4. The first kappa shape index (κ1) is 16.9. The van der Waals surface area contributed by atoms with Crippen LogP contribution in [0.15, 0.2) is 24.3 Å². The SMILES string of the molecule is O=C(CCC1CCNC1)Nc1ccc(C(=O)N2CCOCC2)cc1. The number of hydrogen-bond acceptors (Lipinski definition) is 4. The van der Waals surface area contributed by atoms with Gasteiger partial charge in [0.1, 0.15) is 0 Å². The summed E-state index contributed by atoms with van der Waals surface area (Å²) in [6.07, 6.45) is 2.62. The fourth-order valence-corrected chi connectivity index (χ4v) is 3.16. The summed E-state index contributed by atoms with van der Waals surface area (Å²) in [4.78, 5) is 26.2. The molecule has 2 N–H and O–H groups in total. The van der Waals surface area contributed by atoms with Crippen molar-refractivity contribution in [2.45, 2.75) is 19.3 Å². The van der Waals surface area contributed by atoms with Crippen molar-refractivity contribution in [3.63, 3.8) is 0 Å². The van der Waals surface area contributed by atoms with Gasteiger partial charge in [-0.2, -0.15) is 0 Å². The van der Waals surface area contributed by atoms with Gasteiger partial charge in [0.25, 0.3) is 5.91 Å². The Labute approximate surface area is 142 Å². The standard InChI is InChI=1S/C18H25N3O3/c22-17(6-1-14-7-8-19-13-14)20-16-4-2-15(3-5-16)18(23)21-9-11-24-12-10-21/h2-5,14,19H,1,6-13H2,(H,20,22). The molecule has 2 aliphatic heterocycles. The van der Waals surface area contributed by atoms with E-state index in [-0.39, 0.29) is 11.8 Å². The molecular weight excluding hydrogens is 306 g/mol. The highest BCUT2D eigenvalue weighted by Gasteiger charge is 2.19. The van der Waals surface area contributed by atoms with E-state index in [1.54, 1.807) is 29.2 Å². The molecule has 1 aromatic carbocycles. The van der Waals surface area contributed by atoms with Gasteiger partial charge in [-0.1, -0.05) is 0 Å². The Kier molecular flexibility index (Phi) is 5.82. The highest BCUT2D eigenvalue weighted by molar-refractivity contribution is 5.95. The van der Waals surface area contributed by atoms with Crippen LogP contribution >= 0.6 is 0 Å². The van der Waals surface area contributed by atoms with Crippen molar-refractivity contribution < 1.29 is 14.3 Å². The van der Waals surface area contributed by atoms with Gasteiger partial charge in [0.15, 0.2) is 0 Å². The summed E-state index contributed by atoms with van der Waals surface area (Å²) in [7, 11) is 0. The predicted molar refractivity (Wildman–Crippen MR) is 92.0 cm³/mol. The molecule has 0 saturated carbocycles. The molecular formula is C18H25N3O3. The monoisotopic (exact) mass is 331 g/mol. The third-order valence-corrected chi connectivity index (χ3v) is 4.66. The third-order valence-electron chi connectivity index (χ3n) is 4.66. The summed E-state index contributed by atoms with van der Waals surface area (Å²) in [6, 6.07) is 7.13. The molecule has 0 aliphatic carbocycles. The average Bonchev–Trinajstić information content (AvgIpc) is 3.14. The van der Waals surface area contributed by atoms with E-state index >= 15 is 0 Å². The molecule has 2 fully saturated rings. The largest absolute Gasteiger partial charge is 0.378 e. The number of carbonyl (C=O) groups is 2. The Bertz CT molecular complexity index is 561. The fraction of sp³-hybridized carbons (Fsp3) is 0.556. The van der Waals surface area contributed by atoms with Crippen molar-refractivity contribution in [3.05, 3.63) is 29.8 Å². The van der Waals surface area contributed by atoms with Gasteiger partial charge in [-0.3, -0.25) is 9.59 Å². The van der Waals surface area contributed by atoms with E-state index in [1.165, 1.54) is 0 Å². The third kappa shape index (κ3) is 4.55. The van der Waals surface area contributed by atoms with Gasteiger partial charge in [-0.25, -0.2) is 0 Å². The second kappa shape index (κ2) is 8.26. The Hall–Kier alpha value is -1.92. The zero-order valence-corrected chi connectivity index (χ0v) is 13.9. The summed E-state index contributed by atoms with van der Waals surface area (Å²) in [5.74, 6) is 0.670. The topological polar surface area (TPSA) is 70.7 Å². The Morgan fingerprint density at radius 3 is 2.62 bits per heavy atom. The van der Waals surface area contributed by atoms with Crippen LogP contribution in [0.1, 0.15) is 29.6 Å². The molecule has 130 valence electrons. The molecule has 0 bridgehead atoms. The van der Waals surface area contributed by atoms with Crippen molar-refractivity contribution >= 4 is 17.5 Å². The molecule has 0 radical (unpaired) electrons. The van der Waals surface area contributed by atoms with Crippen LogP contribution in [0, 0.1) is 5.92 Å². The number of amides is 2. The van der Waals surface area contributed by atoms with Gasteiger partial charge in [-0.05, 0) is 56.1 Å². The van der Waals surface area contributed by atoms with Crippen LogP contribution in [-0.4, -0.2) is 56.1 Å². The molecule has 3 rings (SSSR count). The van der Waals surface area contributed by atoms with Gasteiger partial charge in [0.2, 0.25) is 5.91 Å². The van der Waals surface area contributed by atoms with Crippen LogP contribution in [0.3, 0.4) is 0 Å². The van der Waals surface area contributed by atoms with Gasteiger partial charge in [0, 0.05) is 30.8 Å². The van der Waals surface area contributed by atoms with Crippen LogP contribution in [0.5, 0.6) is 0 Å². The molecule has 2 saturated heterocycles. The van der Waals surface area contributed by atoms with E-state index in [2.05, 4.69) is 10.6 Å². The lowest BCUT2D eigenvalue weighted by molar-refractivity contribution is -0.116. The summed E-state index contributed by atoms with van der Waals surface area (Å²) in [5.41, 5.74) is 1.38. The summed E-state index contributed by atoms with van der Waals surface area (Å²) in [5, 5.41) is 6.22. The number of nitrogens with zero attached hydrogens (tertiary/aromatic N) is 1. The normalized spacial score (nSPS) is 20.8. The Morgan fingerprint density at radius 1 is 1.21 bits per heavy atom. The molecule has 1 atom stereocenters. The number of anilines is 1. The maximum Gasteiger partial charge on any atom is 0.254 e. The quantitative estimate of drug-likeness (QED) is 0.857. The first-order valence-electron chi connectivity index (χ1n) is 8.70. The zero-order valence-electron chi connectivity index (χ0n) is 13.9. The second-order valence-electron chi connectivity index (χ2n) is 6.43. The smallest absolute Gasteiger partial charge is 0.254 e. The van der Waals surface area contributed by atoms with Crippen LogP contribution in [0.25, 0.3) is 0 Å². The highest BCUT2D eigenvalue weighted by Crippen LogP contribution is 2.16. The van der Waals surface area contributed by atoms with Gasteiger partial charge >= 0.3 is 0 Å². The lowest BCUT2D eigenvalue weighted by Gasteiger charge is -2.26. The molecule has 0 spiro atoms. The zero-order chi connectivity index (χ0) is 16.8. The predicted octanol–water partition coefficient (Wildman–Crippen LogP) is 1.49. The van der Waals surface area contributed by atoms with E-state index in [4.69, 9.17) is 4.74 Å². The molecule has 2 heterocycles. The van der Waals surface area contributed by atoms with Crippen LogP contribution < -0.4 is 10.6 Å². The summed E-state index contributed by atoms with van der Waals surface area (Å²) < 4.78 is 5.26. The molecule has 1 aromatic rings. The maximum atomic E-state index is 12.4. The molecule has 1 unspecified atom stereocenters. The van der Waals surface area contributed by atoms with Crippen LogP contribution in [0.4, 0.5) is 5.69 Å². The van der Waals surface area contributed by atoms with E-state index in [0.717, 1.165) is 31.6 Å². The Balaban J connectivity index is 1.48. The molecule has 0 aromatic heterocycles. The first-order valence-corrected chi connectivity index (χ1v) is 8.70. The molecule has 2 aliphatic rings. The number of nitrogens with one attached hydrogen (secondary N) is 2. The minimum absolute atomic E-state index is 0.0184. The van der Waals surface area contributed by atoms with E-state index in [0.29, 0.717) is 44.2 Å². The van der Waals surface area contributed by atoms with Gasteiger partial charge in [0.05, 0.1) is 13.2 Å². The van der Waals surface area contributed by atoms with Crippen LogP contribution in [0.2, 0.25) is 0 Å². The number of ether oxygens (including phenoxy) is 1. The lowest BCUT2D eigenvalue weighted by Crippen LogP contribution is -2.40. The first-order chi connectivity index (χ1) is 11.7. The number of morpholine rings is 1. The number of hydrogen-bond donors (Lipinski definition) is 2. The Morgan fingerprint density at radius 2 is 1.96 bits per heavy atom. The van der Waals surface area contributed by atoms with Crippen molar-refractivity contribution in [1.82, 2.24) is 10.2 Å². The van der Waals surface area contributed by atoms with Gasteiger partial charge in [-0.15, -0.1) is 0 Å². The van der Waals surface area contributed by atoms with E-state index in [1.807, 2.05) is 0 Å².